The van der Waals surface area contributed by atoms with Crippen LogP contribution in [0.1, 0.15) is 6.92 Å². The maximum Gasteiger partial charge on any atom is 0.0950 e. The molecule has 84 valence electrons. The second kappa shape index (κ2) is 4.45. The Balaban J connectivity index is 2.44. The summed E-state index contributed by atoms with van der Waals surface area (Å²) in [6.07, 6.45) is 1.36. The summed E-state index contributed by atoms with van der Waals surface area (Å²) < 4.78 is 0. The van der Waals surface area contributed by atoms with Crippen LogP contribution in [0.25, 0.3) is 10.9 Å². The third kappa shape index (κ3) is 2.12. The summed E-state index contributed by atoms with van der Waals surface area (Å²) in [6, 6.07) is 7.86. The Bertz CT molecular complexity index is 479. The minimum atomic E-state index is -0.364. The third-order valence-corrected chi connectivity index (χ3v) is 2.47. The van der Waals surface area contributed by atoms with Crippen molar-refractivity contribution < 1.29 is 5.11 Å². The van der Waals surface area contributed by atoms with E-state index < -0.39 is 0 Å². The number of aromatic nitrogens is 2. The molecule has 1 N–H and O–H groups in total. The lowest BCUT2D eigenvalue weighted by Gasteiger charge is -2.21. The number of anilines is 1. The Morgan fingerprint density at radius 2 is 2.12 bits per heavy atom. The van der Waals surface area contributed by atoms with Gasteiger partial charge in [-0.1, -0.05) is 18.2 Å². The molecule has 4 heteroatoms. The normalized spacial score (nSPS) is 12.7. The quantitative estimate of drug-likeness (QED) is 0.845. The van der Waals surface area contributed by atoms with Crippen LogP contribution in [0.3, 0.4) is 0 Å². The summed E-state index contributed by atoms with van der Waals surface area (Å²) in [5.41, 5.74) is 1.86. The lowest BCUT2D eigenvalue weighted by molar-refractivity contribution is 0.201. The first-order chi connectivity index (χ1) is 7.68. The Hall–Kier alpha value is -1.68. The van der Waals surface area contributed by atoms with E-state index in [0.29, 0.717) is 6.54 Å². The van der Waals surface area contributed by atoms with Crippen molar-refractivity contribution in [3.8, 4) is 0 Å². The van der Waals surface area contributed by atoms with Gasteiger partial charge in [0.1, 0.15) is 0 Å². The molecule has 0 saturated heterocycles. The summed E-state index contributed by atoms with van der Waals surface area (Å²) in [4.78, 5) is 1.99. The van der Waals surface area contributed by atoms with Gasteiger partial charge < -0.3 is 10.0 Å². The van der Waals surface area contributed by atoms with E-state index in [1.807, 2.05) is 36.2 Å². The topological polar surface area (TPSA) is 49.2 Å². The van der Waals surface area contributed by atoms with Crippen molar-refractivity contribution in [1.29, 1.82) is 0 Å². The summed E-state index contributed by atoms with van der Waals surface area (Å²) in [5, 5.41) is 18.5. The predicted octanol–water partition coefficient (Wildman–Crippen LogP) is 1.45. The number of aliphatic hydroxyl groups is 1. The fraction of sp³-hybridized carbons (Fsp3) is 0.333. The van der Waals surface area contributed by atoms with Crippen molar-refractivity contribution in [2.75, 3.05) is 18.5 Å². The molecule has 1 aromatic heterocycles. The second-order valence-corrected chi connectivity index (χ2v) is 3.98. The van der Waals surface area contributed by atoms with E-state index in [-0.39, 0.29) is 6.10 Å². The molecule has 0 spiro atoms. The van der Waals surface area contributed by atoms with Crippen LogP contribution < -0.4 is 4.90 Å². The molecule has 1 aromatic carbocycles. The molecule has 0 unspecified atom stereocenters. The van der Waals surface area contributed by atoms with E-state index in [1.54, 1.807) is 13.1 Å². The van der Waals surface area contributed by atoms with E-state index in [9.17, 15) is 5.11 Å². The summed E-state index contributed by atoms with van der Waals surface area (Å²) in [5.74, 6) is 0. The molecular weight excluding hydrogens is 202 g/mol. The van der Waals surface area contributed by atoms with Gasteiger partial charge in [0.25, 0.3) is 0 Å². The number of aliphatic hydroxyl groups excluding tert-OH is 1. The lowest BCUT2D eigenvalue weighted by atomic mass is 10.2. The highest BCUT2D eigenvalue weighted by atomic mass is 16.3. The highest BCUT2D eigenvalue weighted by molar-refractivity contribution is 5.90. The van der Waals surface area contributed by atoms with Crippen LogP contribution in [0, 0.1) is 0 Å². The molecule has 2 aromatic rings. The Labute approximate surface area is 94.5 Å². The first kappa shape index (κ1) is 10.8. The first-order valence-electron chi connectivity index (χ1n) is 5.28. The molecular formula is C12H15N3O. The van der Waals surface area contributed by atoms with Crippen LogP contribution >= 0.6 is 0 Å². The van der Waals surface area contributed by atoms with Crippen molar-refractivity contribution >= 4 is 16.6 Å². The van der Waals surface area contributed by atoms with Gasteiger partial charge in [-0.15, -0.1) is 0 Å². The highest BCUT2D eigenvalue weighted by Gasteiger charge is 2.08. The Morgan fingerprint density at radius 3 is 2.88 bits per heavy atom. The van der Waals surface area contributed by atoms with Crippen LogP contribution in [-0.2, 0) is 0 Å². The summed E-state index contributed by atoms with van der Waals surface area (Å²) in [7, 11) is 1.94. The molecule has 4 nitrogen and oxygen atoms in total. The van der Waals surface area contributed by atoms with Crippen molar-refractivity contribution in [3.63, 3.8) is 0 Å². The smallest absolute Gasteiger partial charge is 0.0950 e. The van der Waals surface area contributed by atoms with E-state index in [4.69, 9.17) is 0 Å². The maximum absolute atomic E-state index is 9.38. The monoisotopic (exact) mass is 217 g/mol. The molecule has 0 saturated carbocycles. The average molecular weight is 217 g/mol. The van der Waals surface area contributed by atoms with Crippen LogP contribution in [0.2, 0.25) is 0 Å². The largest absolute Gasteiger partial charge is 0.392 e. The van der Waals surface area contributed by atoms with Gasteiger partial charge in [-0.25, -0.2) is 0 Å². The molecule has 0 bridgehead atoms. The number of rotatable bonds is 3. The van der Waals surface area contributed by atoms with Gasteiger partial charge in [0.15, 0.2) is 0 Å². The van der Waals surface area contributed by atoms with Gasteiger partial charge in [0.05, 0.1) is 23.5 Å². The van der Waals surface area contributed by atoms with Crippen LogP contribution in [0.15, 0.2) is 30.5 Å². The van der Waals surface area contributed by atoms with Gasteiger partial charge in [-0.2, -0.15) is 10.2 Å². The van der Waals surface area contributed by atoms with Gasteiger partial charge in [0.2, 0.25) is 0 Å². The molecule has 0 radical (unpaired) electrons. The number of likely N-dealkylation sites (N-methyl/N-ethyl adjacent to an activating group) is 1. The molecule has 1 heterocycles. The maximum atomic E-state index is 9.38. The standard InChI is InChI=1S/C12H15N3O/c1-9(16)8-15(2)12-7-13-14-11-6-4-3-5-10(11)12/h3-7,9,16H,8H2,1-2H3/t9-/m1/s1. The number of fused-ring (bicyclic) bond motifs is 1. The number of hydrogen-bond acceptors (Lipinski definition) is 4. The number of hydrogen-bond donors (Lipinski definition) is 1. The fourth-order valence-electron chi connectivity index (χ4n) is 1.79. The minimum absolute atomic E-state index is 0.364. The van der Waals surface area contributed by atoms with E-state index >= 15 is 0 Å². The highest BCUT2D eigenvalue weighted by Crippen LogP contribution is 2.22. The van der Waals surface area contributed by atoms with Gasteiger partial charge in [-0.3, -0.25) is 0 Å². The van der Waals surface area contributed by atoms with Gasteiger partial charge in [0, 0.05) is 19.0 Å². The molecule has 2 rings (SSSR count). The lowest BCUT2D eigenvalue weighted by Crippen LogP contribution is -2.27. The molecule has 16 heavy (non-hydrogen) atoms. The second-order valence-electron chi connectivity index (χ2n) is 3.98. The zero-order chi connectivity index (χ0) is 11.5. The van der Waals surface area contributed by atoms with Crippen molar-refractivity contribution in [3.05, 3.63) is 30.5 Å². The number of benzene rings is 1. The molecule has 0 fully saturated rings. The fourth-order valence-corrected chi connectivity index (χ4v) is 1.79. The van der Waals surface area contributed by atoms with Crippen molar-refractivity contribution in [1.82, 2.24) is 10.2 Å². The Morgan fingerprint density at radius 1 is 1.38 bits per heavy atom. The Kier molecular flexibility index (Phi) is 3.01. The van der Waals surface area contributed by atoms with Crippen LogP contribution in [0.4, 0.5) is 5.69 Å². The average Bonchev–Trinajstić information content (AvgIpc) is 2.27. The molecule has 0 aliphatic rings. The van der Waals surface area contributed by atoms with Crippen LogP contribution in [0.5, 0.6) is 0 Å². The zero-order valence-electron chi connectivity index (χ0n) is 9.46. The van der Waals surface area contributed by atoms with Crippen molar-refractivity contribution in [2.24, 2.45) is 0 Å². The van der Waals surface area contributed by atoms with Gasteiger partial charge >= 0.3 is 0 Å². The number of nitrogens with zero attached hydrogens (tertiary/aromatic N) is 3. The first-order valence-corrected chi connectivity index (χ1v) is 5.28. The SMILES string of the molecule is C[C@@H](O)CN(C)c1cnnc2ccccc12. The minimum Gasteiger partial charge on any atom is -0.392 e. The predicted molar refractivity (Wildman–Crippen MR) is 64.5 cm³/mol. The van der Waals surface area contributed by atoms with Crippen molar-refractivity contribution in [2.45, 2.75) is 13.0 Å². The molecule has 0 amide bonds. The summed E-state index contributed by atoms with van der Waals surface area (Å²) in [6.45, 7) is 2.35. The summed E-state index contributed by atoms with van der Waals surface area (Å²) >= 11 is 0. The third-order valence-electron chi connectivity index (χ3n) is 2.47. The zero-order valence-corrected chi connectivity index (χ0v) is 9.46. The van der Waals surface area contributed by atoms with E-state index in [2.05, 4.69) is 10.2 Å². The van der Waals surface area contributed by atoms with E-state index in [1.165, 1.54) is 0 Å². The molecule has 1 atom stereocenters. The van der Waals surface area contributed by atoms with Gasteiger partial charge in [-0.05, 0) is 13.0 Å². The molecule has 0 aliphatic heterocycles. The molecule has 0 aliphatic carbocycles. The van der Waals surface area contributed by atoms with E-state index in [0.717, 1.165) is 16.6 Å². The van der Waals surface area contributed by atoms with Crippen LogP contribution in [-0.4, -0.2) is 35.0 Å².